The predicted molar refractivity (Wildman–Crippen MR) is 99.1 cm³/mol. The third-order valence-electron chi connectivity index (χ3n) is 4.50. The van der Waals surface area contributed by atoms with Crippen molar-refractivity contribution in [2.75, 3.05) is 16.8 Å². The second-order valence-electron chi connectivity index (χ2n) is 6.17. The summed E-state index contributed by atoms with van der Waals surface area (Å²) in [5.41, 5.74) is -0.0241. The van der Waals surface area contributed by atoms with E-state index in [4.69, 9.17) is 11.6 Å². The van der Waals surface area contributed by atoms with E-state index >= 15 is 0 Å². The largest absolute Gasteiger partial charge is 0.480 e. The maximum Gasteiger partial charge on any atom is 0.330 e. The Labute approximate surface area is 154 Å². The number of nitrogens with zero attached hydrogens (tertiary/aromatic N) is 3. The van der Waals surface area contributed by atoms with Crippen LogP contribution >= 0.6 is 11.6 Å². The summed E-state index contributed by atoms with van der Waals surface area (Å²) in [6.45, 7) is 1.85. The summed E-state index contributed by atoms with van der Waals surface area (Å²) in [7, 11) is 1.76. The molecule has 0 radical (unpaired) electrons. The van der Waals surface area contributed by atoms with Gasteiger partial charge in [-0.3, -0.25) is 19.1 Å². The SMILES string of the molecule is CCC1N(C)c2c(n(CC(=O)O)c(=O)[nH]c2=O)N1Cc1ccc(Cl)cc1. The van der Waals surface area contributed by atoms with Crippen molar-refractivity contribution < 1.29 is 9.90 Å². The molecule has 1 aromatic heterocycles. The summed E-state index contributed by atoms with van der Waals surface area (Å²) >= 11 is 5.93. The quantitative estimate of drug-likeness (QED) is 0.817. The number of fused-ring (bicyclic) bond motifs is 1. The first-order valence-corrected chi connectivity index (χ1v) is 8.54. The number of hydrogen-bond donors (Lipinski definition) is 2. The van der Waals surface area contributed by atoms with Crippen molar-refractivity contribution >= 4 is 29.1 Å². The van der Waals surface area contributed by atoms with Crippen LogP contribution in [0.1, 0.15) is 18.9 Å². The van der Waals surface area contributed by atoms with Crippen molar-refractivity contribution in [1.29, 1.82) is 0 Å². The molecule has 1 aliphatic heterocycles. The van der Waals surface area contributed by atoms with Gasteiger partial charge in [0.25, 0.3) is 5.56 Å². The molecule has 0 fully saturated rings. The number of rotatable bonds is 5. The van der Waals surface area contributed by atoms with Crippen LogP contribution in [-0.4, -0.2) is 33.8 Å². The molecular weight excluding hydrogens is 360 g/mol. The van der Waals surface area contributed by atoms with E-state index in [0.717, 1.165) is 10.1 Å². The third-order valence-corrected chi connectivity index (χ3v) is 4.76. The van der Waals surface area contributed by atoms with E-state index in [-0.39, 0.29) is 6.17 Å². The van der Waals surface area contributed by atoms with Crippen molar-refractivity contribution in [3.63, 3.8) is 0 Å². The lowest BCUT2D eigenvalue weighted by atomic mass is 10.2. The van der Waals surface area contributed by atoms with Crippen LogP contribution in [0.5, 0.6) is 0 Å². The molecule has 138 valence electrons. The third kappa shape index (κ3) is 3.08. The molecule has 0 bridgehead atoms. The molecule has 0 aliphatic carbocycles. The van der Waals surface area contributed by atoms with Crippen LogP contribution < -0.4 is 21.0 Å². The topological polar surface area (TPSA) is 98.6 Å². The number of carboxylic acids is 1. The Balaban J connectivity index is 2.16. The van der Waals surface area contributed by atoms with Gasteiger partial charge in [-0.15, -0.1) is 0 Å². The van der Waals surface area contributed by atoms with Crippen LogP contribution in [0.2, 0.25) is 5.02 Å². The Morgan fingerprint density at radius 2 is 1.92 bits per heavy atom. The fourth-order valence-corrected chi connectivity index (χ4v) is 3.53. The molecule has 8 nitrogen and oxygen atoms in total. The van der Waals surface area contributed by atoms with Crippen molar-refractivity contribution in [2.24, 2.45) is 0 Å². The Bertz CT molecular complexity index is 951. The monoisotopic (exact) mass is 378 g/mol. The maximum absolute atomic E-state index is 12.4. The number of nitrogens with one attached hydrogen (secondary N) is 1. The van der Waals surface area contributed by atoms with Gasteiger partial charge < -0.3 is 14.9 Å². The van der Waals surface area contributed by atoms with Gasteiger partial charge in [0, 0.05) is 18.6 Å². The van der Waals surface area contributed by atoms with Crippen molar-refractivity contribution in [2.45, 2.75) is 32.6 Å². The van der Waals surface area contributed by atoms with Crippen molar-refractivity contribution in [3.05, 3.63) is 55.7 Å². The Hall–Kier alpha value is -2.74. The molecule has 9 heteroatoms. The first-order chi connectivity index (χ1) is 12.3. The molecule has 2 heterocycles. The second kappa shape index (κ2) is 6.87. The molecule has 1 aromatic carbocycles. The molecule has 0 saturated heterocycles. The number of hydrogen-bond acceptors (Lipinski definition) is 5. The van der Waals surface area contributed by atoms with Gasteiger partial charge in [0.05, 0.1) is 0 Å². The zero-order chi connectivity index (χ0) is 19.0. The van der Waals surface area contributed by atoms with Gasteiger partial charge in [-0.2, -0.15) is 0 Å². The fraction of sp³-hybridized carbons (Fsp3) is 0.353. The zero-order valence-corrected chi connectivity index (χ0v) is 15.2. The Kier molecular flexibility index (Phi) is 4.78. The summed E-state index contributed by atoms with van der Waals surface area (Å²) in [4.78, 5) is 41.8. The normalized spacial score (nSPS) is 16.0. The number of aromatic nitrogens is 2. The minimum Gasteiger partial charge on any atom is -0.480 e. The highest BCUT2D eigenvalue weighted by atomic mass is 35.5. The van der Waals surface area contributed by atoms with E-state index in [9.17, 15) is 19.5 Å². The number of benzene rings is 1. The number of halogens is 1. The zero-order valence-electron chi connectivity index (χ0n) is 14.4. The average molecular weight is 379 g/mol. The van der Waals surface area contributed by atoms with Gasteiger partial charge in [0.15, 0.2) is 0 Å². The van der Waals surface area contributed by atoms with Gasteiger partial charge in [-0.1, -0.05) is 30.7 Å². The highest BCUT2D eigenvalue weighted by Gasteiger charge is 2.38. The van der Waals surface area contributed by atoms with E-state index in [1.54, 1.807) is 24.1 Å². The van der Waals surface area contributed by atoms with Gasteiger partial charge >= 0.3 is 11.7 Å². The number of carboxylic acid groups (broad SMARTS) is 1. The van der Waals surface area contributed by atoms with E-state index in [1.165, 1.54) is 0 Å². The maximum atomic E-state index is 12.4. The summed E-state index contributed by atoms with van der Waals surface area (Å²) in [5.74, 6) is -0.833. The first kappa shape index (κ1) is 18.1. The number of carbonyl (C=O) groups is 1. The van der Waals surface area contributed by atoms with Gasteiger partial charge in [0.1, 0.15) is 24.2 Å². The Morgan fingerprint density at radius 1 is 1.27 bits per heavy atom. The standard InChI is InChI=1S/C17H19ClN4O4/c1-3-12-20(2)14-15(25)19-17(26)22(9-13(23)24)16(14)21(12)8-10-4-6-11(18)7-5-10/h4-7,12H,3,8-9H2,1-2H3,(H,23,24)(H,19,25,26). The lowest BCUT2D eigenvalue weighted by Gasteiger charge is -2.30. The summed E-state index contributed by atoms with van der Waals surface area (Å²) in [6.07, 6.45) is 0.503. The van der Waals surface area contributed by atoms with Crippen molar-refractivity contribution in [1.82, 2.24) is 9.55 Å². The van der Waals surface area contributed by atoms with Crippen LogP contribution in [-0.2, 0) is 17.9 Å². The van der Waals surface area contributed by atoms with Crippen molar-refractivity contribution in [3.8, 4) is 0 Å². The number of aromatic amines is 1. The molecule has 1 unspecified atom stereocenters. The minimum absolute atomic E-state index is 0.177. The average Bonchev–Trinajstić information content (AvgIpc) is 2.85. The molecule has 1 aliphatic rings. The predicted octanol–water partition coefficient (Wildman–Crippen LogP) is 1.47. The number of anilines is 2. The van der Waals surface area contributed by atoms with Crippen LogP contribution in [0.25, 0.3) is 0 Å². The van der Waals surface area contributed by atoms with Crippen LogP contribution in [0, 0.1) is 0 Å². The number of H-pyrrole nitrogens is 1. The first-order valence-electron chi connectivity index (χ1n) is 8.16. The van der Waals surface area contributed by atoms with E-state index in [2.05, 4.69) is 4.98 Å². The lowest BCUT2D eigenvalue weighted by Crippen LogP contribution is -2.41. The highest BCUT2D eigenvalue weighted by Crippen LogP contribution is 2.37. The molecule has 3 rings (SSSR count). The second-order valence-corrected chi connectivity index (χ2v) is 6.60. The van der Waals surface area contributed by atoms with Crippen LogP contribution in [0.3, 0.4) is 0 Å². The molecule has 2 aromatic rings. The van der Waals surface area contributed by atoms with Gasteiger partial charge in [-0.05, 0) is 24.1 Å². The minimum atomic E-state index is -1.16. The lowest BCUT2D eigenvalue weighted by molar-refractivity contribution is -0.137. The molecule has 0 spiro atoms. The van der Waals surface area contributed by atoms with E-state index < -0.39 is 23.8 Å². The molecule has 2 N–H and O–H groups in total. The summed E-state index contributed by atoms with van der Waals surface area (Å²) in [6, 6.07) is 7.25. The molecule has 0 amide bonds. The molecule has 0 saturated carbocycles. The van der Waals surface area contributed by atoms with E-state index in [0.29, 0.717) is 29.5 Å². The van der Waals surface area contributed by atoms with Crippen LogP contribution in [0.15, 0.2) is 33.9 Å². The van der Waals surface area contributed by atoms with Crippen LogP contribution in [0.4, 0.5) is 11.5 Å². The van der Waals surface area contributed by atoms with E-state index in [1.807, 2.05) is 24.0 Å². The summed E-state index contributed by atoms with van der Waals surface area (Å²) < 4.78 is 1.10. The molecular formula is C17H19ClN4O4. The summed E-state index contributed by atoms with van der Waals surface area (Å²) in [5, 5.41) is 9.80. The van der Waals surface area contributed by atoms with Gasteiger partial charge in [-0.25, -0.2) is 4.79 Å². The van der Waals surface area contributed by atoms with Gasteiger partial charge in [0.2, 0.25) is 0 Å². The fourth-order valence-electron chi connectivity index (χ4n) is 3.40. The Morgan fingerprint density at radius 3 is 2.50 bits per heavy atom. The smallest absolute Gasteiger partial charge is 0.330 e. The molecule has 1 atom stereocenters. The molecule has 26 heavy (non-hydrogen) atoms. The highest BCUT2D eigenvalue weighted by molar-refractivity contribution is 6.30. The number of aliphatic carboxylic acids is 1.